The van der Waals surface area contributed by atoms with Crippen molar-refractivity contribution in [2.75, 3.05) is 12.8 Å². The summed E-state index contributed by atoms with van der Waals surface area (Å²) in [6.45, 7) is 2.04. The Morgan fingerprint density at radius 1 is 0.778 bits per heavy atom. The standard InChI is InChI=1S/C23H23O3P/c1-2-26-22(24)18-27(25)23(19-12-6-3-7-13-19,20-14-8-4-9-15-20)21-16-10-5-11-17-21/h3-17,27H,2,18H2,1H3. The monoisotopic (exact) mass is 378 g/mol. The number of esters is 1. The highest BCUT2D eigenvalue weighted by atomic mass is 31.1. The normalized spacial score (nSPS) is 12.3. The molecule has 0 aromatic heterocycles. The molecule has 0 amide bonds. The molecule has 138 valence electrons. The zero-order chi connectivity index (χ0) is 19.1. The van der Waals surface area contributed by atoms with E-state index in [0.29, 0.717) is 0 Å². The van der Waals surface area contributed by atoms with Crippen LogP contribution in [-0.2, 0) is 19.3 Å². The second-order valence-corrected chi connectivity index (χ2v) is 8.20. The number of benzene rings is 3. The molecular weight excluding hydrogens is 355 g/mol. The van der Waals surface area contributed by atoms with Crippen LogP contribution >= 0.6 is 7.80 Å². The summed E-state index contributed by atoms with van der Waals surface area (Å²) in [5.74, 6) is -0.423. The van der Waals surface area contributed by atoms with Crippen LogP contribution < -0.4 is 0 Å². The Balaban J connectivity index is 2.26. The zero-order valence-corrected chi connectivity index (χ0v) is 16.3. The van der Waals surface area contributed by atoms with Crippen LogP contribution in [0, 0.1) is 0 Å². The van der Waals surface area contributed by atoms with Crippen molar-refractivity contribution in [1.29, 1.82) is 0 Å². The molecular formula is C23H23O3P. The van der Waals surface area contributed by atoms with Gasteiger partial charge < -0.3 is 9.30 Å². The molecule has 4 heteroatoms. The van der Waals surface area contributed by atoms with E-state index in [0.717, 1.165) is 16.7 Å². The summed E-state index contributed by atoms with van der Waals surface area (Å²) >= 11 is 0. The molecule has 3 rings (SSSR count). The lowest BCUT2D eigenvalue weighted by Gasteiger charge is -2.35. The average molecular weight is 378 g/mol. The molecule has 0 heterocycles. The first-order valence-electron chi connectivity index (χ1n) is 9.05. The summed E-state index contributed by atoms with van der Waals surface area (Å²) in [5, 5.41) is -0.888. The van der Waals surface area contributed by atoms with Crippen molar-refractivity contribution in [1.82, 2.24) is 0 Å². The fraction of sp³-hybridized carbons (Fsp3) is 0.174. The van der Waals surface area contributed by atoms with Crippen LogP contribution in [0.15, 0.2) is 91.0 Å². The zero-order valence-electron chi connectivity index (χ0n) is 15.3. The van der Waals surface area contributed by atoms with Crippen LogP contribution in [0.5, 0.6) is 0 Å². The highest BCUT2D eigenvalue weighted by molar-refractivity contribution is 7.47. The van der Waals surface area contributed by atoms with E-state index in [1.54, 1.807) is 6.92 Å². The number of ether oxygens (including phenoxy) is 1. The molecule has 1 unspecified atom stereocenters. The Hall–Kier alpha value is -2.64. The van der Waals surface area contributed by atoms with E-state index in [1.807, 2.05) is 91.0 Å². The van der Waals surface area contributed by atoms with E-state index in [-0.39, 0.29) is 12.8 Å². The van der Waals surface area contributed by atoms with E-state index >= 15 is 0 Å². The van der Waals surface area contributed by atoms with Crippen LogP contribution in [0.3, 0.4) is 0 Å². The Kier molecular flexibility index (Phi) is 6.26. The van der Waals surface area contributed by atoms with Gasteiger partial charge in [0, 0.05) is 0 Å². The van der Waals surface area contributed by atoms with Crippen molar-refractivity contribution in [3.8, 4) is 0 Å². The van der Waals surface area contributed by atoms with Gasteiger partial charge in [0.05, 0.1) is 17.9 Å². The van der Waals surface area contributed by atoms with Gasteiger partial charge in [-0.25, -0.2) is 0 Å². The molecule has 0 aliphatic heterocycles. The summed E-state index contributed by atoms with van der Waals surface area (Å²) in [6, 6.07) is 29.3. The molecule has 3 nitrogen and oxygen atoms in total. The topological polar surface area (TPSA) is 43.4 Å². The first-order chi connectivity index (χ1) is 13.2. The predicted octanol–water partition coefficient (Wildman–Crippen LogP) is 5.10. The number of hydrogen-bond acceptors (Lipinski definition) is 3. The lowest BCUT2D eigenvalue weighted by Crippen LogP contribution is -2.27. The molecule has 3 aromatic carbocycles. The molecule has 0 aliphatic carbocycles. The van der Waals surface area contributed by atoms with Gasteiger partial charge in [0.2, 0.25) is 0 Å². The van der Waals surface area contributed by atoms with Crippen LogP contribution in [0.25, 0.3) is 0 Å². The number of carbonyl (C=O) groups excluding carboxylic acids is 1. The molecule has 0 spiro atoms. The minimum absolute atomic E-state index is 0.100. The highest BCUT2D eigenvalue weighted by Gasteiger charge is 2.42. The minimum Gasteiger partial charge on any atom is -0.466 e. The molecule has 0 aliphatic rings. The predicted molar refractivity (Wildman–Crippen MR) is 110 cm³/mol. The SMILES string of the molecule is CCOC(=O)C[PH](=O)C(c1ccccc1)(c1ccccc1)c1ccccc1. The molecule has 0 N–H and O–H groups in total. The molecule has 0 saturated carbocycles. The van der Waals surface area contributed by atoms with Crippen LogP contribution in [0.2, 0.25) is 0 Å². The fourth-order valence-corrected chi connectivity index (χ4v) is 5.62. The molecule has 27 heavy (non-hydrogen) atoms. The molecule has 1 atom stereocenters. The van der Waals surface area contributed by atoms with Crippen molar-refractivity contribution in [3.63, 3.8) is 0 Å². The maximum absolute atomic E-state index is 13.8. The number of hydrogen-bond donors (Lipinski definition) is 0. The Morgan fingerprint density at radius 3 is 1.48 bits per heavy atom. The first kappa shape index (κ1) is 19.1. The third kappa shape index (κ3) is 3.89. The van der Waals surface area contributed by atoms with Gasteiger partial charge >= 0.3 is 5.97 Å². The van der Waals surface area contributed by atoms with Crippen molar-refractivity contribution >= 4 is 13.8 Å². The number of rotatable bonds is 7. The van der Waals surface area contributed by atoms with E-state index in [4.69, 9.17) is 4.74 Å². The maximum atomic E-state index is 13.8. The molecule has 3 aromatic rings. The van der Waals surface area contributed by atoms with Gasteiger partial charge in [-0.05, 0) is 23.6 Å². The average Bonchev–Trinajstić information content (AvgIpc) is 2.71. The molecule has 0 saturated heterocycles. The van der Waals surface area contributed by atoms with E-state index in [9.17, 15) is 9.36 Å². The fourth-order valence-electron chi connectivity index (χ4n) is 3.52. The Bertz CT molecular complexity index is 796. The third-order valence-corrected chi connectivity index (χ3v) is 6.96. The minimum atomic E-state index is -2.49. The smallest absolute Gasteiger partial charge is 0.313 e. The van der Waals surface area contributed by atoms with Gasteiger partial charge in [0.15, 0.2) is 0 Å². The van der Waals surface area contributed by atoms with Crippen LogP contribution in [0.1, 0.15) is 23.6 Å². The van der Waals surface area contributed by atoms with Gasteiger partial charge in [0.1, 0.15) is 7.80 Å². The molecule has 0 radical (unpaired) electrons. The summed E-state index contributed by atoms with van der Waals surface area (Å²) in [7, 11) is -2.49. The maximum Gasteiger partial charge on any atom is 0.313 e. The summed E-state index contributed by atoms with van der Waals surface area (Å²) in [4.78, 5) is 12.2. The van der Waals surface area contributed by atoms with Crippen molar-refractivity contribution in [2.24, 2.45) is 0 Å². The van der Waals surface area contributed by atoms with Gasteiger partial charge in [-0.15, -0.1) is 0 Å². The number of carbonyl (C=O) groups is 1. The largest absolute Gasteiger partial charge is 0.466 e. The first-order valence-corrected chi connectivity index (χ1v) is 10.7. The van der Waals surface area contributed by atoms with Gasteiger partial charge in [-0.1, -0.05) is 91.0 Å². The lowest BCUT2D eigenvalue weighted by molar-refractivity contribution is -0.139. The van der Waals surface area contributed by atoms with E-state index in [1.165, 1.54) is 0 Å². The quantitative estimate of drug-likeness (QED) is 0.326. The van der Waals surface area contributed by atoms with E-state index < -0.39 is 18.9 Å². The van der Waals surface area contributed by atoms with Crippen molar-refractivity contribution < 1.29 is 14.1 Å². The highest BCUT2D eigenvalue weighted by Crippen LogP contribution is 2.56. The Labute approximate surface area is 160 Å². The van der Waals surface area contributed by atoms with Crippen molar-refractivity contribution in [2.45, 2.75) is 12.1 Å². The van der Waals surface area contributed by atoms with Crippen molar-refractivity contribution in [3.05, 3.63) is 108 Å². The third-order valence-electron chi connectivity index (χ3n) is 4.65. The molecule has 0 fully saturated rings. The molecule has 0 bridgehead atoms. The van der Waals surface area contributed by atoms with E-state index in [2.05, 4.69) is 0 Å². The summed E-state index contributed by atoms with van der Waals surface area (Å²) in [6.07, 6.45) is -0.100. The lowest BCUT2D eigenvalue weighted by atomic mass is 9.84. The second kappa shape index (κ2) is 8.83. The summed E-state index contributed by atoms with van der Waals surface area (Å²) in [5.41, 5.74) is 2.74. The second-order valence-electron chi connectivity index (χ2n) is 6.25. The van der Waals surface area contributed by atoms with Crippen LogP contribution in [-0.4, -0.2) is 18.7 Å². The van der Waals surface area contributed by atoms with Gasteiger partial charge in [-0.3, -0.25) is 4.79 Å². The van der Waals surface area contributed by atoms with Gasteiger partial charge in [0.25, 0.3) is 0 Å². The summed E-state index contributed by atoms with van der Waals surface area (Å²) < 4.78 is 18.9. The Morgan fingerprint density at radius 2 is 1.15 bits per heavy atom. The van der Waals surface area contributed by atoms with Crippen LogP contribution in [0.4, 0.5) is 0 Å². The van der Waals surface area contributed by atoms with Gasteiger partial charge in [-0.2, -0.15) is 0 Å².